The Morgan fingerprint density at radius 3 is 2.44 bits per heavy atom. The van der Waals surface area contributed by atoms with Crippen LogP contribution in [-0.2, 0) is 28.4 Å². The first kappa shape index (κ1) is 28.0. The number of piperazine rings is 1. The van der Waals surface area contributed by atoms with Crippen LogP contribution in [0.2, 0.25) is 0 Å². The third-order valence-corrected chi connectivity index (χ3v) is 9.58. The summed E-state index contributed by atoms with van der Waals surface area (Å²) in [6.07, 6.45) is 1.29. The van der Waals surface area contributed by atoms with E-state index in [0.717, 1.165) is 52.8 Å². The number of morpholine rings is 1. The normalized spacial score (nSPS) is 21.5. The Balaban J connectivity index is 1.46. The Kier molecular flexibility index (Phi) is 7.25. The van der Waals surface area contributed by atoms with E-state index in [0.29, 0.717) is 38.8 Å². The van der Waals surface area contributed by atoms with E-state index in [1.54, 1.807) is 4.31 Å². The summed E-state index contributed by atoms with van der Waals surface area (Å²) in [5.74, 6) is 3.32. The van der Waals surface area contributed by atoms with Gasteiger partial charge in [0, 0.05) is 51.2 Å². The Morgan fingerprint density at radius 1 is 1.00 bits per heavy atom. The second-order valence-electron chi connectivity index (χ2n) is 11.6. The summed E-state index contributed by atoms with van der Waals surface area (Å²) >= 11 is 0. The number of hydrogen-bond acceptors (Lipinski definition) is 9. The van der Waals surface area contributed by atoms with E-state index in [4.69, 9.17) is 24.7 Å². The van der Waals surface area contributed by atoms with Crippen molar-refractivity contribution >= 4 is 38.0 Å². The standard InChI is InChI=1S/C28H39N9O3S/c1-18(2)25-29-21-9-7-8-10-22(21)37(25)28-31-26-24(27(32-28)34-11-13-40-14-12-34)30-23(33(26)5)17-35-15-20(4)36(16-19(35)3)41(6,38)39/h7-10,18-20H,11-17H2,1-6H3/t19-,20?/m0/s1. The van der Waals surface area contributed by atoms with Gasteiger partial charge in [-0.1, -0.05) is 26.0 Å². The van der Waals surface area contributed by atoms with E-state index >= 15 is 0 Å². The fraction of sp³-hybridized carbons (Fsp3) is 0.571. The van der Waals surface area contributed by atoms with Crippen LogP contribution in [0.3, 0.4) is 0 Å². The Hall–Kier alpha value is -3.13. The van der Waals surface area contributed by atoms with Crippen molar-refractivity contribution in [3.63, 3.8) is 0 Å². The minimum Gasteiger partial charge on any atom is -0.378 e. The molecule has 2 fully saturated rings. The topological polar surface area (TPSA) is 115 Å². The summed E-state index contributed by atoms with van der Waals surface area (Å²) in [5.41, 5.74) is 3.40. The van der Waals surface area contributed by atoms with Crippen molar-refractivity contribution in [2.75, 3.05) is 50.5 Å². The van der Waals surface area contributed by atoms with Gasteiger partial charge in [0.1, 0.15) is 11.6 Å². The molecule has 6 rings (SSSR count). The van der Waals surface area contributed by atoms with E-state index in [-0.39, 0.29) is 18.0 Å². The highest BCUT2D eigenvalue weighted by Gasteiger charge is 2.35. The first-order chi connectivity index (χ1) is 19.5. The second-order valence-corrected chi connectivity index (χ2v) is 13.5. The molecule has 13 heteroatoms. The fourth-order valence-corrected chi connectivity index (χ4v) is 7.20. The molecule has 220 valence electrons. The summed E-state index contributed by atoms with van der Waals surface area (Å²) in [7, 11) is -1.26. The van der Waals surface area contributed by atoms with Gasteiger partial charge in [-0.05, 0) is 26.0 Å². The summed E-state index contributed by atoms with van der Waals surface area (Å²) in [5, 5.41) is 0. The molecule has 0 spiro atoms. The fourth-order valence-electron chi connectivity index (χ4n) is 5.99. The van der Waals surface area contributed by atoms with Gasteiger partial charge in [-0.15, -0.1) is 0 Å². The first-order valence-corrected chi connectivity index (χ1v) is 16.1. The minimum absolute atomic E-state index is 0.0482. The average molecular weight is 582 g/mol. The van der Waals surface area contributed by atoms with E-state index in [1.807, 2.05) is 32.2 Å². The number of ether oxygens (including phenoxy) is 1. The summed E-state index contributed by atoms with van der Waals surface area (Å²) in [6, 6.07) is 8.02. The van der Waals surface area contributed by atoms with Crippen molar-refractivity contribution < 1.29 is 13.2 Å². The van der Waals surface area contributed by atoms with Gasteiger partial charge in [0.25, 0.3) is 0 Å². The first-order valence-electron chi connectivity index (χ1n) is 14.3. The number of aryl methyl sites for hydroxylation is 1. The summed E-state index contributed by atoms with van der Waals surface area (Å²) < 4.78 is 36.0. The van der Waals surface area contributed by atoms with E-state index in [9.17, 15) is 8.42 Å². The maximum absolute atomic E-state index is 12.3. The van der Waals surface area contributed by atoms with Crippen LogP contribution < -0.4 is 4.90 Å². The highest BCUT2D eigenvalue weighted by molar-refractivity contribution is 7.88. The highest BCUT2D eigenvalue weighted by Crippen LogP contribution is 2.30. The molecule has 0 saturated carbocycles. The smallest absolute Gasteiger partial charge is 0.239 e. The summed E-state index contributed by atoms with van der Waals surface area (Å²) in [4.78, 5) is 24.8. The maximum atomic E-state index is 12.3. The Bertz CT molecular complexity index is 1690. The van der Waals surface area contributed by atoms with Crippen molar-refractivity contribution in [1.82, 2.24) is 38.3 Å². The summed E-state index contributed by atoms with van der Waals surface area (Å²) in [6.45, 7) is 12.7. The van der Waals surface area contributed by atoms with Crippen LogP contribution in [0.4, 0.5) is 5.82 Å². The third-order valence-electron chi connectivity index (χ3n) is 8.22. The van der Waals surface area contributed by atoms with Gasteiger partial charge < -0.3 is 14.2 Å². The van der Waals surface area contributed by atoms with E-state index in [2.05, 4.69) is 45.8 Å². The number of fused-ring (bicyclic) bond motifs is 2. The lowest BCUT2D eigenvalue weighted by molar-refractivity contribution is 0.0839. The van der Waals surface area contributed by atoms with Crippen LogP contribution in [0, 0.1) is 0 Å². The van der Waals surface area contributed by atoms with Gasteiger partial charge >= 0.3 is 0 Å². The molecule has 1 unspecified atom stereocenters. The lowest BCUT2D eigenvalue weighted by atomic mass is 10.1. The molecule has 12 nitrogen and oxygen atoms in total. The largest absolute Gasteiger partial charge is 0.378 e. The number of nitrogens with zero attached hydrogens (tertiary/aromatic N) is 9. The maximum Gasteiger partial charge on any atom is 0.239 e. The van der Waals surface area contributed by atoms with E-state index in [1.165, 1.54) is 6.26 Å². The molecule has 5 heterocycles. The molecule has 0 N–H and O–H groups in total. The van der Waals surface area contributed by atoms with Crippen molar-refractivity contribution in [3.8, 4) is 5.95 Å². The number of para-hydroxylation sites is 2. The molecule has 2 aliphatic heterocycles. The second kappa shape index (κ2) is 10.6. The SMILES string of the molecule is CC(C)c1nc2ccccc2n1-c1nc(N2CCOCC2)c2nc(CN3CC(C)N(S(C)(=O)=O)C[C@@H]3C)n(C)c2n1. The quantitative estimate of drug-likeness (QED) is 0.339. The third kappa shape index (κ3) is 5.09. The van der Waals surface area contributed by atoms with Crippen LogP contribution in [0.5, 0.6) is 0 Å². The predicted octanol–water partition coefficient (Wildman–Crippen LogP) is 2.52. The molecule has 2 aliphatic rings. The molecule has 3 aromatic heterocycles. The molecule has 0 radical (unpaired) electrons. The minimum atomic E-state index is -3.26. The number of anilines is 1. The highest BCUT2D eigenvalue weighted by atomic mass is 32.2. The van der Waals surface area contributed by atoms with Gasteiger partial charge in [0.05, 0.1) is 37.0 Å². The lowest BCUT2D eigenvalue weighted by Crippen LogP contribution is -2.57. The molecule has 4 aromatic rings. The number of sulfonamides is 1. The predicted molar refractivity (Wildman–Crippen MR) is 159 cm³/mol. The van der Waals surface area contributed by atoms with Crippen molar-refractivity contribution in [2.45, 2.75) is 52.2 Å². The van der Waals surface area contributed by atoms with Crippen molar-refractivity contribution in [3.05, 3.63) is 35.9 Å². The van der Waals surface area contributed by atoms with Gasteiger partial charge in [-0.2, -0.15) is 14.3 Å². The Labute approximate surface area is 241 Å². The zero-order chi connectivity index (χ0) is 29.1. The molecule has 2 atom stereocenters. The van der Waals surface area contributed by atoms with Gasteiger partial charge in [-0.3, -0.25) is 9.47 Å². The Morgan fingerprint density at radius 2 is 1.73 bits per heavy atom. The van der Waals surface area contributed by atoms with E-state index < -0.39 is 10.0 Å². The van der Waals surface area contributed by atoms with Crippen LogP contribution in [-0.4, -0.2) is 104 Å². The van der Waals surface area contributed by atoms with Gasteiger partial charge in [0.15, 0.2) is 17.0 Å². The van der Waals surface area contributed by atoms with Gasteiger partial charge in [0.2, 0.25) is 16.0 Å². The molecule has 0 aliphatic carbocycles. The molecular formula is C28H39N9O3S. The van der Waals surface area contributed by atoms with Crippen LogP contribution in [0.1, 0.15) is 45.3 Å². The molecule has 0 amide bonds. The zero-order valence-corrected chi connectivity index (χ0v) is 25.5. The number of rotatable bonds is 6. The number of aromatic nitrogens is 6. The monoisotopic (exact) mass is 581 g/mol. The molecule has 2 saturated heterocycles. The number of benzene rings is 1. The van der Waals surface area contributed by atoms with Crippen LogP contribution in [0.25, 0.3) is 28.1 Å². The molecular weight excluding hydrogens is 542 g/mol. The molecule has 41 heavy (non-hydrogen) atoms. The van der Waals surface area contributed by atoms with Gasteiger partial charge in [-0.25, -0.2) is 18.4 Å². The number of imidazole rings is 2. The van der Waals surface area contributed by atoms with Crippen molar-refractivity contribution in [1.29, 1.82) is 0 Å². The van der Waals surface area contributed by atoms with Crippen molar-refractivity contribution in [2.24, 2.45) is 7.05 Å². The molecule has 1 aromatic carbocycles. The average Bonchev–Trinajstić information content (AvgIpc) is 3.48. The number of hydrogen-bond donors (Lipinski definition) is 0. The van der Waals surface area contributed by atoms with Crippen LogP contribution in [0.15, 0.2) is 24.3 Å². The van der Waals surface area contributed by atoms with Crippen LogP contribution >= 0.6 is 0 Å². The lowest BCUT2D eigenvalue weighted by Gasteiger charge is -2.42. The zero-order valence-electron chi connectivity index (χ0n) is 24.6. The molecule has 0 bridgehead atoms.